The van der Waals surface area contributed by atoms with E-state index in [0.29, 0.717) is 22.2 Å². The summed E-state index contributed by atoms with van der Waals surface area (Å²) in [5, 5.41) is 9.33. The lowest BCUT2D eigenvalue weighted by molar-refractivity contribution is 0.420. The lowest BCUT2D eigenvalue weighted by Crippen LogP contribution is -2.12. The van der Waals surface area contributed by atoms with Crippen LogP contribution in [0.1, 0.15) is 5.56 Å². The minimum Gasteiger partial charge on any atom is -0.496 e. The first kappa shape index (κ1) is 14.0. The fourth-order valence-corrected chi connectivity index (χ4v) is 3.02. The monoisotopic (exact) mass is 318 g/mol. The molecule has 0 saturated carbocycles. The molecule has 0 unspecified atom stereocenters. The Morgan fingerprint density at radius 3 is 2.91 bits per heavy atom. The maximum atomic E-state index is 12.2. The van der Waals surface area contributed by atoms with Gasteiger partial charge in [-0.1, -0.05) is 0 Å². The van der Waals surface area contributed by atoms with Crippen molar-refractivity contribution in [2.75, 3.05) is 11.8 Å². The van der Waals surface area contributed by atoms with Crippen molar-refractivity contribution in [1.82, 2.24) is 9.97 Å². The molecule has 0 bridgehead atoms. The Balaban J connectivity index is 2.14. The summed E-state index contributed by atoms with van der Waals surface area (Å²) in [6.45, 7) is 0. The van der Waals surface area contributed by atoms with Crippen LogP contribution in [0.5, 0.6) is 5.75 Å². The van der Waals surface area contributed by atoms with Crippen LogP contribution in [0.2, 0.25) is 0 Å². The molecule has 0 amide bonds. The summed E-state index contributed by atoms with van der Waals surface area (Å²) in [6, 6.07) is 5.14. The Morgan fingerprint density at radius 1 is 1.45 bits per heavy atom. The quantitative estimate of drug-likeness (QED) is 0.757. The van der Waals surface area contributed by atoms with Gasteiger partial charge in [-0.25, -0.2) is 4.98 Å². The first-order valence-corrected chi connectivity index (χ1v) is 7.54. The highest BCUT2D eigenvalue weighted by molar-refractivity contribution is 7.92. The number of aromatic amines is 1. The number of fused-ring (bicyclic) bond motifs is 1. The van der Waals surface area contributed by atoms with Crippen LogP contribution < -0.4 is 9.46 Å². The van der Waals surface area contributed by atoms with Crippen molar-refractivity contribution in [3.63, 3.8) is 0 Å². The van der Waals surface area contributed by atoms with E-state index in [2.05, 4.69) is 14.7 Å². The lowest BCUT2D eigenvalue weighted by atomic mass is 10.1. The molecule has 2 heterocycles. The topological polar surface area (TPSA) is 121 Å². The van der Waals surface area contributed by atoms with Crippen molar-refractivity contribution < 1.29 is 17.6 Å². The molecule has 0 saturated heterocycles. The van der Waals surface area contributed by atoms with Gasteiger partial charge in [0.1, 0.15) is 11.8 Å². The zero-order valence-corrected chi connectivity index (χ0v) is 12.1. The van der Waals surface area contributed by atoms with Crippen LogP contribution in [-0.4, -0.2) is 25.5 Å². The summed E-state index contributed by atoms with van der Waals surface area (Å²) in [6.07, 6.45) is 3.61. The predicted octanol–water partition coefficient (Wildman–Crippen LogP) is 1.84. The second kappa shape index (κ2) is 5.09. The molecular weight excluding hydrogens is 308 g/mol. The molecule has 1 aromatic carbocycles. The molecule has 2 N–H and O–H groups in total. The van der Waals surface area contributed by atoms with Gasteiger partial charge in [-0.05, 0) is 12.1 Å². The number of aromatic nitrogens is 2. The van der Waals surface area contributed by atoms with Gasteiger partial charge in [0.05, 0.1) is 35.5 Å². The number of nitrogens with zero attached hydrogens (tertiary/aromatic N) is 2. The second-order valence-corrected chi connectivity index (χ2v) is 5.92. The third-order valence-electron chi connectivity index (χ3n) is 3.06. The maximum Gasteiger partial charge on any atom is 0.297 e. The van der Waals surface area contributed by atoms with E-state index in [4.69, 9.17) is 14.4 Å². The summed E-state index contributed by atoms with van der Waals surface area (Å²) >= 11 is 0. The van der Waals surface area contributed by atoms with Crippen LogP contribution in [0.25, 0.3) is 10.9 Å². The zero-order valence-electron chi connectivity index (χ0n) is 11.3. The predicted molar refractivity (Wildman–Crippen MR) is 76.9 cm³/mol. The number of ether oxygens (including phenoxy) is 1. The lowest BCUT2D eigenvalue weighted by Gasteiger charge is -2.09. The number of nitrogens with one attached hydrogen (secondary N) is 2. The molecule has 0 aliphatic rings. The van der Waals surface area contributed by atoms with Crippen molar-refractivity contribution in [3.8, 4) is 11.8 Å². The number of benzene rings is 1. The third-order valence-corrected chi connectivity index (χ3v) is 4.28. The Kier molecular flexibility index (Phi) is 3.23. The van der Waals surface area contributed by atoms with Gasteiger partial charge in [0.2, 0.25) is 0 Å². The Hall–Kier alpha value is -2.99. The number of hydrogen-bond donors (Lipinski definition) is 2. The molecule has 9 heteroatoms. The fraction of sp³-hybridized carbons (Fsp3) is 0.0769. The van der Waals surface area contributed by atoms with E-state index < -0.39 is 10.0 Å². The number of hydrogen-bond acceptors (Lipinski definition) is 6. The van der Waals surface area contributed by atoms with Crippen LogP contribution in [-0.2, 0) is 10.0 Å². The normalized spacial score (nSPS) is 11.3. The number of oxazole rings is 1. The van der Waals surface area contributed by atoms with Crippen LogP contribution in [0.3, 0.4) is 0 Å². The molecule has 3 rings (SSSR count). The van der Waals surface area contributed by atoms with Gasteiger partial charge in [0, 0.05) is 6.20 Å². The minimum absolute atomic E-state index is 0.272. The highest BCUT2D eigenvalue weighted by atomic mass is 32.2. The number of anilines is 1. The summed E-state index contributed by atoms with van der Waals surface area (Å²) in [4.78, 5) is 6.46. The summed E-state index contributed by atoms with van der Waals surface area (Å²) in [7, 11) is -2.43. The maximum absolute atomic E-state index is 12.2. The molecule has 0 spiro atoms. The standard InChI is InChI=1S/C13H10N4O4S/c1-20-10-3-2-9(13-12(10)8(4-14)5-16-13)17-22(18,19)11-6-15-7-21-11/h2-3,5-7,16-17H,1H3. The molecule has 0 aliphatic carbocycles. The first-order chi connectivity index (χ1) is 10.6. The molecule has 8 nitrogen and oxygen atoms in total. The summed E-state index contributed by atoms with van der Waals surface area (Å²) in [5.41, 5.74) is 1.07. The number of methoxy groups -OCH3 is 1. The van der Waals surface area contributed by atoms with E-state index in [0.717, 1.165) is 12.6 Å². The Bertz CT molecular complexity index is 968. The van der Waals surface area contributed by atoms with Gasteiger partial charge in [-0.2, -0.15) is 13.7 Å². The van der Waals surface area contributed by atoms with E-state index in [9.17, 15) is 8.42 Å². The average molecular weight is 318 g/mol. The van der Waals surface area contributed by atoms with Crippen LogP contribution in [0.15, 0.2) is 40.4 Å². The highest BCUT2D eigenvalue weighted by Crippen LogP contribution is 2.34. The molecule has 3 aromatic rings. The van der Waals surface area contributed by atoms with Crippen molar-refractivity contribution in [3.05, 3.63) is 36.5 Å². The van der Waals surface area contributed by atoms with Gasteiger partial charge in [0.25, 0.3) is 15.1 Å². The summed E-state index contributed by atoms with van der Waals surface area (Å²) < 4.78 is 36.8. The van der Waals surface area contributed by atoms with Gasteiger partial charge >= 0.3 is 0 Å². The molecule has 0 aliphatic heterocycles. The molecule has 22 heavy (non-hydrogen) atoms. The molecule has 112 valence electrons. The van der Waals surface area contributed by atoms with E-state index >= 15 is 0 Å². The van der Waals surface area contributed by atoms with Gasteiger partial charge in [-0.3, -0.25) is 4.72 Å². The van der Waals surface area contributed by atoms with Gasteiger partial charge in [0.15, 0.2) is 6.39 Å². The number of sulfonamides is 1. The van der Waals surface area contributed by atoms with Crippen LogP contribution >= 0.6 is 0 Å². The molecule has 0 radical (unpaired) electrons. The Morgan fingerprint density at radius 2 is 2.27 bits per heavy atom. The van der Waals surface area contributed by atoms with Crippen LogP contribution in [0.4, 0.5) is 5.69 Å². The fourth-order valence-electron chi connectivity index (χ4n) is 2.09. The van der Waals surface area contributed by atoms with Gasteiger partial charge < -0.3 is 14.1 Å². The average Bonchev–Trinajstić information content (AvgIpc) is 3.17. The van der Waals surface area contributed by atoms with Gasteiger partial charge in [-0.15, -0.1) is 0 Å². The van der Waals surface area contributed by atoms with E-state index in [1.807, 2.05) is 6.07 Å². The number of nitriles is 1. The SMILES string of the molecule is COc1ccc(NS(=O)(=O)c2cnco2)c2[nH]cc(C#N)c12. The largest absolute Gasteiger partial charge is 0.496 e. The van der Waals surface area contributed by atoms with E-state index in [-0.39, 0.29) is 10.8 Å². The highest BCUT2D eigenvalue weighted by Gasteiger charge is 2.21. The molecule has 0 atom stereocenters. The van der Waals surface area contributed by atoms with Crippen molar-refractivity contribution in [2.45, 2.75) is 5.09 Å². The Labute approximate surface area is 125 Å². The smallest absolute Gasteiger partial charge is 0.297 e. The zero-order chi connectivity index (χ0) is 15.7. The molecule has 2 aromatic heterocycles. The molecule has 0 fully saturated rings. The van der Waals surface area contributed by atoms with E-state index in [1.165, 1.54) is 19.4 Å². The minimum atomic E-state index is -3.90. The second-order valence-electron chi connectivity index (χ2n) is 4.31. The van der Waals surface area contributed by atoms with Crippen LogP contribution in [0, 0.1) is 11.3 Å². The van der Waals surface area contributed by atoms with Crippen molar-refractivity contribution >= 4 is 26.6 Å². The number of H-pyrrole nitrogens is 1. The number of rotatable bonds is 4. The van der Waals surface area contributed by atoms with Crippen molar-refractivity contribution in [1.29, 1.82) is 5.26 Å². The first-order valence-electron chi connectivity index (χ1n) is 6.06. The van der Waals surface area contributed by atoms with E-state index in [1.54, 1.807) is 6.07 Å². The van der Waals surface area contributed by atoms with Crippen molar-refractivity contribution in [2.24, 2.45) is 0 Å². The third kappa shape index (κ3) is 2.15. The molecular formula is C13H10N4O4S. The summed E-state index contributed by atoms with van der Waals surface area (Å²) in [5.74, 6) is 0.468.